The normalized spacial score (nSPS) is 6.86. The molecule has 0 aromatic carbocycles. The summed E-state index contributed by atoms with van der Waals surface area (Å²) in [6.45, 7) is 10.8. The van der Waals surface area contributed by atoms with Crippen LogP contribution in [0.3, 0.4) is 0 Å². The Morgan fingerprint density at radius 2 is 0.643 bits per heavy atom. The standard InChI is InChI=1S/3C3H8O.C2H6/c3*1-2-3-4;1-2/h3*4H,2-3H2,1H3;1-2H3. The molecule has 0 aromatic heterocycles. The molecule has 0 heterocycles. The molecule has 0 aromatic rings. The van der Waals surface area contributed by atoms with Crippen molar-refractivity contribution in [1.29, 1.82) is 0 Å². The van der Waals surface area contributed by atoms with Gasteiger partial charge in [-0.05, 0) is 19.3 Å². The fourth-order valence-electron chi connectivity index (χ4n) is 0. The molecule has 0 unspecified atom stereocenters. The molecule has 0 aliphatic carbocycles. The van der Waals surface area contributed by atoms with E-state index in [1.165, 1.54) is 0 Å². The molecule has 0 spiro atoms. The summed E-state index contributed by atoms with van der Waals surface area (Å²) in [5.74, 6) is 0. The van der Waals surface area contributed by atoms with Crippen molar-refractivity contribution in [2.24, 2.45) is 0 Å². The fourth-order valence-corrected chi connectivity index (χ4v) is 0. The van der Waals surface area contributed by atoms with Gasteiger partial charge in [-0.25, -0.2) is 0 Å². The molecule has 3 heteroatoms. The van der Waals surface area contributed by atoms with Crippen molar-refractivity contribution in [3.8, 4) is 0 Å². The Bertz CT molecular complexity index is 26.0. The molecule has 0 bridgehead atoms. The van der Waals surface area contributed by atoms with E-state index >= 15 is 0 Å². The summed E-state index contributed by atoms with van der Waals surface area (Å²) in [7, 11) is 0. The molecule has 0 aliphatic heterocycles. The lowest BCUT2D eigenvalue weighted by Crippen LogP contribution is -1.69. The minimum atomic E-state index is 0.319. The van der Waals surface area contributed by atoms with Crippen molar-refractivity contribution in [3.63, 3.8) is 0 Å². The molecule has 0 amide bonds. The monoisotopic (exact) mass is 210 g/mol. The second kappa shape index (κ2) is 52.6. The highest BCUT2D eigenvalue weighted by Crippen LogP contribution is 1.62. The highest BCUT2D eigenvalue weighted by molar-refractivity contribution is 4.10. The van der Waals surface area contributed by atoms with Gasteiger partial charge >= 0.3 is 0 Å². The van der Waals surface area contributed by atoms with Gasteiger partial charge in [0.1, 0.15) is 0 Å². The van der Waals surface area contributed by atoms with E-state index in [1.807, 2.05) is 34.6 Å². The number of hydrogen-bond acceptors (Lipinski definition) is 3. The highest BCUT2D eigenvalue weighted by atomic mass is 16.3. The van der Waals surface area contributed by atoms with Gasteiger partial charge in [-0.1, -0.05) is 34.6 Å². The molecule has 14 heavy (non-hydrogen) atoms. The molecule has 0 fully saturated rings. The summed E-state index contributed by atoms with van der Waals surface area (Å²) in [5.41, 5.74) is 0. The Kier molecular flexibility index (Phi) is 88.6. The third-order valence-electron chi connectivity index (χ3n) is 0.671. The summed E-state index contributed by atoms with van der Waals surface area (Å²) in [6, 6.07) is 0. The van der Waals surface area contributed by atoms with Gasteiger partial charge in [0.15, 0.2) is 0 Å². The molecule has 0 aliphatic rings. The average molecular weight is 210 g/mol. The third-order valence-corrected chi connectivity index (χ3v) is 0.671. The maximum atomic E-state index is 7.88. The first-order chi connectivity index (χ1) is 6.74. The van der Waals surface area contributed by atoms with E-state index in [0.29, 0.717) is 19.8 Å². The molecule has 0 saturated carbocycles. The van der Waals surface area contributed by atoms with E-state index < -0.39 is 0 Å². The van der Waals surface area contributed by atoms with E-state index in [9.17, 15) is 0 Å². The SMILES string of the molecule is CC.CCCO.CCCO.CCCO. The second-order valence-corrected chi connectivity index (χ2v) is 2.17. The molecule has 0 saturated heterocycles. The predicted molar refractivity (Wildman–Crippen MR) is 63.5 cm³/mol. The topological polar surface area (TPSA) is 60.7 Å². The highest BCUT2D eigenvalue weighted by Gasteiger charge is 1.58. The summed E-state index contributed by atoms with van der Waals surface area (Å²) >= 11 is 0. The van der Waals surface area contributed by atoms with Crippen LogP contribution in [-0.4, -0.2) is 35.1 Å². The molecule has 3 N–H and O–H groups in total. The van der Waals surface area contributed by atoms with Crippen LogP contribution in [0, 0.1) is 0 Å². The maximum Gasteiger partial charge on any atom is 0.0428 e. The van der Waals surface area contributed by atoms with E-state index in [0.717, 1.165) is 19.3 Å². The average Bonchev–Trinajstić information content (AvgIpc) is 2.31. The van der Waals surface area contributed by atoms with Crippen LogP contribution in [0.1, 0.15) is 53.9 Å². The Morgan fingerprint density at radius 1 is 0.571 bits per heavy atom. The van der Waals surface area contributed by atoms with Crippen molar-refractivity contribution in [1.82, 2.24) is 0 Å². The molecule has 0 radical (unpaired) electrons. The van der Waals surface area contributed by atoms with Crippen molar-refractivity contribution in [2.45, 2.75) is 53.9 Å². The van der Waals surface area contributed by atoms with E-state index in [1.54, 1.807) is 0 Å². The van der Waals surface area contributed by atoms with Crippen molar-refractivity contribution in [2.75, 3.05) is 19.8 Å². The lowest BCUT2D eigenvalue weighted by molar-refractivity contribution is 0.294. The number of aliphatic hydroxyl groups excluding tert-OH is 3. The second-order valence-electron chi connectivity index (χ2n) is 2.17. The van der Waals surface area contributed by atoms with Crippen LogP contribution >= 0.6 is 0 Å². The number of rotatable bonds is 3. The van der Waals surface area contributed by atoms with Crippen LogP contribution < -0.4 is 0 Å². The van der Waals surface area contributed by atoms with Crippen LogP contribution in [-0.2, 0) is 0 Å². The van der Waals surface area contributed by atoms with Crippen LogP contribution in [0.25, 0.3) is 0 Å². The lowest BCUT2D eigenvalue weighted by Gasteiger charge is -1.69. The Balaban J connectivity index is -0.0000000492. The fraction of sp³-hybridized carbons (Fsp3) is 1.00. The van der Waals surface area contributed by atoms with Gasteiger partial charge in [-0.15, -0.1) is 0 Å². The molecule has 0 rings (SSSR count). The Labute approximate surface area is 89.8 Å². The Morgan fingerprint density at radius 3 is 0.643 bits per heavy atom. The van der Waals surface area contributed by atoms with Gasteiger partial charge in [0.2, 0.25) is 0 Å². The van der Waals surface area contributed by atoms with Gasteiger partial charge in [0.25, 0.3) is 0 Å². The van der Waals surface area contributed by atoms with Gasteiger partial charge < -0.3 is 15.3 Å². The van der Waals surface area contributed by atoms with Crippen LogP contribution in [0.4, 0.5) is 0 Å². The van der Waals surface area contributed by atoms with E-state index in [2.05, 4.69) is 0 Å². The zero-order valence-corrected chi connectivity index (χ0v) is 10.6. The van der Waals surface area contributed by atoms with Crippen LogP contribution in [0.2, 0.25) is 0 Å². The Hall–Kier alpha value is -0.120. The van der Waals surface area contributed by atoms with Gasteiger partial charge in [0.05, 0.1) is 0 Å². The first kappa shape index (κ1) is 23.6. The van der Waals surface area contributed by atoms with Gasteiger partial charge in [-0.2, -0.15) is 0 Å². The van der Waals surface area contributed by atoms with Crippen molar-refractivity contribution in [3.05, 3.63) is 0 Å². The quantitative estimate of drug-likeness (QED) is 0.669. The smallest absolute Gasteiger partial charge is 0.0428 e. The number of aliphatic hydroxyl groups is 3. The van der Waals surface area contributed by atoms with Crippen LogP contribution in [0.5, 0.6) is 0 Å². The summed E-state index contributed by atoms with van der Waals surface area (Å²) in [5, 5.41) is 23.6. The first-order valence-corrected chi connectivity index (χ1v) is 5.57. The number of hydrogen-bond donors (Lipinski definition) is 3. The molecular weight excluding hydrogens is 180 g/mol. The van der Waals surface area contributed by atoms with Crippen molar-refractivity contribution >= 4 is 0 Å². The first-order valence-electron chi connectivity index (χ1n) is 5.57. The molecule has 92 valence electrons. The minimum absolute atomic E-state index is 0.319. The summed E-state index contributed by atoms with van der Waals surface area (Å²) < 4.78 is 0. The molecular formula is C11H30O3. The zero-order chi connectivity index (χ0) is 12.2. The zero-order valence-electron chi connectivity index (χ0n) is 10.6. The van der Waals surface area contributed by atoms with Gasteiger partial charge in [0, 0.05) is 19.8 Å². The molecule has 3 nitrogen and oxygen atoms in total. The largest absolute Gasteiger partial charge is 0.396 e. The molecule has 0 atom stereocenters. The summed E-state index contributed by atoms with van der Waals surface area (Å²) in [6.07, 6.45) is 2.62. The maximum absolute atomic E-state index is 7.88. The van der Waals surface area contributed by atoms with E-state index in [-0.39, 0.29) is 0 Å². The minimum Gasteiger partial charge on any atom is -0.396 e. The third kappa shape index (κ3) is 170. The summed E-state index contributed by atoms with van der Waals surface area (Å²) in [4.78, 5) is 0. The lowest BCUT2D eigenvalue weighted by atomic mass is 10.5. The van der Waals surface area contributed by atoms with Crippen molar-refractivity contribution < 1.29 is 15.3 Å². The van der Waals surface area contributed by atoms with Gasteiger partial charge in [-0.3, -0.25) is 0 Å². The predicted octanol–water partition coefficient (Wildman–Crippen LogP) is 2.19. The van der Waals surface area contributed by atoms with Crippen LogP contribution in [0.15, 0.2) is 0 Å². The van der Waals surface area contributed by atoms with E-state index in [4.69, 9.17) is 15.3 Å².